The van der Waals surface area contributed by atoms with Crippen molar-refractivity contribution in [2.45, 2.75) is 6.61 Å². The first-order valence-electron chi connectivity index (χ1n) is 8.15. The molecule has 0 aliphatic carbocycles. The van der Waals surface area contributed by atoms with Crippen molar-refractivity contribution in [1.82, 2.24) is 10.1 Å². The highest BCUT2D eigenvalue weighted by molar-refractivity contribution is 5.90. The molecule has 28 heavy (non-hydrogen) atoms. The molecule has 1 N–H and O–H groups in total. The van der Waals surface area contributed by atoms with Crippen LogP contribution in [0.1, 0.15) is 16.2 Å². The number of hydrogen-bond donors (Lipinski definition) is 1. The summed E-state index contributed by atoms with van der Waals surface area (Å²) < 4.78 is 26.6. The van der Waals surface area contributed by atoms with E-state index in [0.29, 0.717) is 28.6 Å². The molecule has 0 atom stereocenters. The molecule has 3 rings (SSSR count). The lowest BCUT2D eigenvalue weighted by Crippen LogP contribution is -2.03. The molecule has 146 valence electrons. The highest BCUT2D eigenvalue weighted by atomic mass is 16.5. The van der Waals surface area contributed by atoms with Crippen molar-refractivity contribution in [3.8, 4) is 34.4 Å². The molecule has 1 aromatic heterocycles. The quantitative estimate of drug-likeness (QED) is 0.624. The van der Waals surface area contributed by atoms with Crippen LogP contribution in [-0.4, -0.2) is 42.5 Å². The summed E-state index contributed by atoms with van der Waals surface area (Å²) in [6.45, 7) is -0.0816. The number of carboxylic acid groups (broad SMARTS) is 1. The van der Waals surface area contributed by atoms with E-state index in [1.54, 1.807) is 30.3 Å². The van der Waals surface area contributed by atoms with Gasteiger partial charge in [0.05, 0.1) is 21.3 Å². The lowest BCUT2D eigenvalue weighted by molar-refractivity contribution is 0.0691. The zero-order valence-electron chi connectivity index (χ0n) is 15.5. The van der Waals surface area contributed by atoms with E-state index < -0.39 is 5.97 Å². The predicted molar refractivity (Wildman–Crippen MR) is 97.1 cm³/mol. The second-order valence-electron chi connectivity index (χ2n) is 5.52. The number of carbonyl (C=O) groups is 1. The van der Waals surface area contributed by atoms with E-state index in [1.165, 1.54) is 27.4 Å². The number of ether oxygens (including phenoxy) is 4. The Hall–Kier alpha value is -3.75. The molecule has 0 saturated carbocycles. The topological polar surface area (TPSA) is 113 Å². The fourth-order valence-corrected chi connectivity index (χ4v) is 2.55. The SMILES string of the molecule is COc1cc(-c2noc(COc3ccccc3C(=O)O)n2)cc(OC)c1OC. The maximum atomic E-state index is 11.2. The molecule has 0 unspecified atom stereocenters. The number of rotatable bonds is 8. The predicted octanol–water partition coefficient (Wildman–Crippen LogP) is 3.04. The van der Waals surface area contributed by atoms with Crippen LogP contribution in [0.2, 0.25) is 0 Å². The molecule has 0 fully saturated rings. The Morgan fingerprint density at radius 3 is 2.32 bits per heavy atom. The maximum Gasteiger partial charge on any atom is 0.339 e. The summed E-state index contributed by atoms with van der Waals surface area (Å²) in [6, 6.07) is 9.68. The lowest BCUT2D eigenvalue weighted by atomic mass is 10.1. The van der Waals surface area contributed by atoms with Crippen molar-refractivity contribution in [1.29, 1.82) is 0 Å². The van der Waals surface area contributed by atoms with E-state index in [4.69, 9.17) is 23.5 Å². The fourth-order valence-electron chi connectivity index (χ4n) is 2.55. The number of carboxylic acids is 1. The van der Waals surface area contributed by atoms with Gasteiger partial charge in [0, 0.05) is 5.56 Å². The normalized spacial score (nSPS) is 10.4. The van der Waals surface area contributed by atoms with Crippen molar-refractivity contribution < 1.29 is 33.4 Å². The summed E-state index contributed by atoms with van der Waals surface area (Å²) in [5.74, 6) is 0.964. The Morgan fingerprint density at radius 2 is 1.71 bits per heavy atom. The second-order valence-corrected chi connectivity index (χ2v) is 5.52. The highest BCUT2D eigenvalue weighted by Crippen LogP contribution is 2.40. The zero-order chi connectivity index (χ0) is 20.1. The van der Waals surface area contributed by atoms with Gasteiger partial charge < -0.3 is 28.6 Å². The van der Waals surface area contributed by atoms with E-state index in [0.717, 1.165) is 0 Å². The van der Waals surface area contributed by atoms with Crippen LogP contribution in [-0.2, 0) is 6.61 Å². The average Bonchev–Trinajstić information content (AvgIpc) is 3.20. The molecule has 1 heterocycles. The zero-order valence-corrected chi connectivity index (χ0v) is 15.5. The van der Waals surface area contributed by atoms with Gasteiger partial charge in [-0.3, -0.25) is 0 Å². The Balaban J connectivity index is 1.82. The number of benzene rings is 2. The van der Waals surface area contributed by atoms with Gasteiger partial charge in [0.25, 0.3) is 5.89 Å². The molecule has 0 bridgehead atoms. The summed E-state index contributed by atoms with van der Waals surface area (Å²) in [6.07, 6.45) is 0. The third-order valence-corrected chi connectivity index (χ3v) is 3.86. The Kier molecular flexibility index (Phi) is 5.64. The van der Waals surface area contributed by atoms with Crippen molar-refractivity contribution in [2.24, 2.45) is 0 Å². The monoisotopic (exact) mass is 386 g/mol. The molecule has 0 amide bonds. The molecule has 9 nitrogen and oxygen atoms in total. The van der Waals surface area contributed by atoms with Crippen molar-refractivity contribution in [2.75, 3.05) is 21.3 Å². The standard InChI is InChI=1S/C19H18N2O7/c1-24-14-8-11(9-15(25-2)17(14)26-3)18-20-16(28-21-18)10-27-13-7-5-4-6-12(13)19(22)23/h4-9H,10H2,1-3H3,(H,22,23). The van der Waals surface area contributed by atoms with Crippen molar-refractivity contribution in [3.05, 3.63) is 47.9 Å². The Bertz CT molecular complexity index is 959. The van der Waals surface area contributed by atoms with Gasteiger partial charge in [0.1, 0.15) is 11.3 Å². The average molecular weight is 386 g/mol. The van der Waals surface area contributed by atoms with Gasteiger partial charge in [-0.05, 0) is 24.3 Å². The van der Waals surface area contributed by atoms with Crippen LogP contribution < -0.4 is 18.9 Å². The number of para-hydroxylation sites is 1. The van der Waals surface area contributed by atoms with Gasteiger partial charge >= 0.3 is 5.97 Å². The van der Waals surface area contributed by atoms with Gasteiger partial charge in [0.2, 0.25) is 11.6 Å². The van der Waals surface area contributed by atoms with Gasteiger partial charge in [-0.25, -0.2) is 4.79 Å². The van der Waals surface area contributed by atoms with Crippen LogP contribution in [0.15, 0.2) is 40.9 Å². The van der Waals surface area contributed by atoms with E-state index >= 15 is 0 Å². The van der Waals surface area contributed by atoms with E-state index in [2.05, 4.69) is 10.1 Å². The largest absolute Gasteiger partial charge is 0.493 e. The molecule has 0 spiro atoms. The number of hydrogen-bond acceptors (Lipinski definition) is 8. The number of methoxy groups -OCH3 is 3. The minimum Gasteiger partial charge on any atom is -0.493 e. The summed E-state index contributed by atoms with van der Waals surface area (Å²) in [4.78, 5) is 15.5. The molecule has 0 saturated heterocycles. The van der Waals surface area contributed by atoms with Crippen LogP contribution in [0.3, 0.4) is 0 Å². The highest BCUT2D eigenvalue weighted by Gasteiger charge is 2.18. The van der Waals surface area contributed by atoms with Crippen molar-refractivity contribution >= 4 is 5.97 Å². The third-order valence-electron chi connectivity index (χ3n) is 3.86. The van der Waals surface area contributed by atoms with Crippen LogP contribution in [0.5, 0.6) is 23.0 Å². The molecule has 0 aliphatic rings. The molecule has 2 aromatic carbocycles. The molecule has 9 heteroatoms. The first-order valence-corrected chi connectivity index (χ1v) is 8.15. The van der Waals surface area contributed by atoms with Crippen LogP contribution >= 0.6 is 0 Å². The first kappa shape index (κ1) is 19.0. The minimum absolute atomic E-state index is 0.0480. The molecule has 0 radical (unpaired) electrons. The molecule has 3 aromatic rings. The summed E-state index contributed by atoms with van der Waals surface area (Å²) in [5.41, 5.74) is 0.641. The van der Waals surface area contributed by atoms with Gasteiger partial charge in [-0.15, -0.1) is 0 Å². The fraction of sp³-hybridized carbons (Fsp3) is 0.211. The smallest absolute Gasteiger partial charge is 0.339 e. The number of nitrogens with zero attached hydrogens (tertiary/aromatic N) is 2. The summed E-state index contributed by atoms with van der Waals surface area (Å²) in [7, 11) is 4.53. The van der Waals surface area contributed by atoms with E-state index in [9.17, 15) is 9.90 Å². The van der Waals surface area contributed by atoms with Crippen LogP contribution in [0, 0.1) is 0 Å². The van der Waals surface area contributed by atoms with E-state index in [1.807, 2.05) is 0 Å². The van der Waals surface area contributed by atoms with Gasteiger partial charge in [-0.2, -0.15) is 4.98 Å². The molecular formula is C19H18N2O7. The van der Waals surface area contributed by atoms with Crippen molar-refractivity contribution in [3.63, 3.8) is 0 Å². The minimum atomic E-state index is -1.08. The number of aromatic carboxylic acids is 1. The third kappa shape index (κ3) is 3.83. The van der Waals surface area contributed by atoms with E-state index in [-0.39, 0.29) is 23.8 Å². The first-order chi connectivity index (χ1) is 13.6. The summed E-state index contributed by atoms with van der Waals surface area (Å²) >= 11 is 0. The second kappa shape index (κ2) is 8.30. The van der Waals surface area contributed by atoms with Gasteiger partial charge in [-0.1, -0.05) is 17.3 Å². The van der Waals surface area contributed by atoms with Crippen LogP contribution in [0.25, 0.3) is 11.4 Å². The van der Waals surface area contributed by atoms with Gasteiger partial charge in [0.15, 0.2) is 18.1 Å². The number of aromatic nitrogens is 2. The van der Waals surface area contributed by atoms with Crippen LogP contribution in [0.4, 0.5) is 0 Å². The lowest BCUT2D eigenvalue weighted by Gasteiger charge is -2.12. The maximum absolute atomic E-state index is 11.2. The Labute approximate surface area is 160 Å². The summed E-state index contributed by atoms with van der Waals surface area (Å²) in [5, 5.41) is 13.1. The molecule has 0 aliphatic heterocycles. The Morgan fingerprint density at radius 1 is 1.04 bits per heavy atom. The molecular weight excluding hydrogens is 368 g/mol.